The van der Waals surface area contributed by atoms with E-state index in [1.807, 2.05) is 21.8 Å². The molecule has 3 heterocycles. The molecule has 0 bridgehead atoms. The number of oxazole rings is 1. The van der Waals surface area contributed by atoms with Gasteiger partial charge in [-0.1, -0.05) is 0 Å². The van der Waals surface area contributed by atoms with E-state index >= 15 is 0 Å². The molecule has 1 aliphatic rings. The Bertz CT molecular complexity index is 715. The van der Waals surface area contributed by atoms with Crippen LogP contribution in [0.1, 0.15) is 6.04 Å². The molecule has 1 fully saturated rings. The minimum Gasteiger partial charge on any atom is -0.423 e. The molecule has 1 aromatic carbocycles. The number of nitrogens with zero attached hydrogens (tertiary/aromatic N) is 4. The summed E-state index contributed by atoms with van der Waals surface area (Å²) in [6.07, 6.45) is 3.72. The van der Waals surface area contributed by atoms with E-state index in [2.05, 4.69) is 10.1 Å². The second-order valence-corrected chi connectivity index (χ2v) is 4.65. The first-order valence-corrected chi connectivity index (χ1v) is 6.10. The van der Waals surface area contributed by atoms with Gasteiger partial charge in [0, 0.05) is 31.5 Å². The number of aromatic nitrogens is 3. The molecule has 6 heteroatoms. The first kappa shape index (κ1) is 10.5. The van der Waals surface area contributed by atoms with Crippen molar-refractivity contribution in [1.82, 2.24) is 14.8 Å². The van der Waals surface area contributed by atoms with Crippen LogP contribution in [0.25, 0.3) is 11.1 Å². The molecule has 0 aliphatic carbocycles. The van der Waals surface area contributed by atoms with Crippen LogP contribution in [0.2, 0.25) is 0 Å². The first-order chi connectivity index (χ1) is 9.29. The smallest absolute Gasteiger partial charge is 0.298 e. The summed E-state index contributed by atoms with van der Waals surface area (Å²) in [7, 11) is 0. The van der Waals surface area contributed by atoms with Crippen molar-refractivity contribution in [2.45, 2.75) is 6.04 Å². The van der Waals surface area contributed by atoms with Gasteiger partial charge >= 0.3 is 0 Å². The summed E-state index contributed by atoms with van der Waals surface area (Å²) in [6.45, 7) is 1.61. The molecule has 0 atom stereocenters. The molecule has 19 heavy (non-hydrogen) atoms. The number of halogens is 1. The molecule has 2 aromatic heterocycles. The quantitative estimate of drug-likeness (QED) is 0.707. The van der Waals surface area contributed by atoms with Gasteiger partial charge in [0.15, 0.2) is 5.58 Å². The maximum absolute atomic E-state index is 13.1. The normalized spacial score (nSPS) is 15.9. The predicted octanol–water partition coefficient (Wildman–Crippen LogP) is 2.22. The summed E-state index contributed by atoms with van der Waals surface area (Å²) in [5.74, 6) is -0.301. The second kappa shape index (κ2) is 3.81. The summed E-state index contributed by atoms with van der Waals surface area (Å²) >= 11 is 0. The molecule has 3 aromatic rings. The number of benzene rings is 1. The van der Waals surface area contributed by atoms with Crippen molar-refractivity contribution < 1.29 is 8.81 Å². The van der Waals surface area contributed by atoms with E-state index in [1.54, 1.807) is 12.3 Å². The van der Waals surface area contributed by atoms with Gasteiger partial charge in [-0.2, -0.15) is 10.1 Å². The van der Waals surface area contributed by atoms with Crippen LogP contribution < -0.4 is 4.90 Å². The Morgan fingerprint density at radius 3 is 3.00 bits per heavy atom. The highest BCUT2D eigenvalue weighted by Crippen LogP contribution is 2.29. The van der Waals surface area contributed by atoms with E-state index in [-0.39, 0.29) is 5.82 Å². The monoisotopic (exact) mass is 258 g/mol. The predicted molar refractivity (Wildman–Crippen MR) is 67.4 cm³/mol. The SMILES string of the molecule is Fc1ccc2oc(N3CC(n4cccn4)C3)nc2c1. The molecule has 0 saturated carbocycles. The van der Waals surface area contributed by atoms with Crippen LogP contribution in [0.5, 0.6) is 0 Å². The van der Waals surface area contributed by atoms with E-state index in [0.29, 0.717) is 23.2 Å². The molecular formula is C13H11FN4O. The lowest BCUT2D eigenvalue weighted by Crippen LogP contribution is -2.48. The molecular weight excluding hydrogens is 247 g/mol. The second-order valence-electron chi connectivity index (χ2n) is 4.65. The Labute approximate surface area is 108 Å². The van der Waals surface area contributed by atoms with Crippen molar-refractivity contribution in [3.63, 3.8) is 0 Å². The Morgan fingerprint density at radius 2 is 2.21 bits per heavy atom. The van der Waals surface area contributed by atoms with Gasteiger partial charge in [-0.15, -0.1) is 0 Å². The number of fused-ring (bicyclic) bond motifs is 1. The third-order valence-corrected chi connectivity index (χ3v) is 3.37. The molecule has 0 unspecified atom stereocenters. The lowest BCUT2D eigenvalue weighted by Gasteiger charge is -2.37. The molecule has 0 radical (unpaired) electrons. The number of rotatable bonds is 2. The molecule has 1 saturated heterocycles. The summed E-state index contributed by atoms with van der Waals surface area (Å²) in [5, 5.41) is 4.21. The molecule has 4 rings (SSSR count). The maximum atomic E-state index is 13.1. The van der Waals surface area contributed by atoms with Crippen molar-refractivity contribution in [3.8, 4) is 0 Å². The van der Waals surface area contributed by atoms with Crippen LogP contribution in [-0.2, 0) is 0 Å². The molecule has 0 N–H and O–H groups in total. The topological polar surface area (TPSA) is 47.1 Å². The van der Waals surface area contributed by atoms with E-state index < -0.39 is 0 Å². The third kappa shape index (κ3) is 1.68. The van der Waals surface area contributed by atoms with E-state index in [1.165, 1.54) is 12.1 Å². The minimum atomic E-state index is -0.301. The van der Waals surface area contributed by atoms with Crippen LogP contribution in [-0.4, -0.2) is 27.9 Å². The first-order valence-electron chi connectivity index (χ1n) is 6.10. The Morgan fingerprint density at radius 1 is 1.32 bits per heavy atom. The zero-order valence-electron chi connectivity index (χ0n) is 10.0. The van der Waals surface area contributed by atoms with Crippen LogP contribution in [0.15, 0.2) is 41.1 Å². The van der Waals surface area contributed by atoms with E-state index in [4.69, 9.17) is 4.42 Å². The maximum Gasteiger partial charge on any atom is 0.298 e. The highest BCUT2D eigenvalue weighted by atomic mass is 19.1. The standard InChI is InChI=1S/C13H11FN4O/c14-9-2-3-12-11(6-9)16-13(19-12)17-7-10(8-17)18-5-1-4-15-18/h1-6,10H,7-8H2. The van der Waals surface area contributed by atoms with Gasteiger partial charge in [-0.25, -0.2) is 4.39 Å². The van der Waals surface area contributed by atoms with Crippen LogP contribution >= 0.6 is 0 Å². The molecule has 5 nitrogen and oxygen atoms in total. The average molecular weight is 258 g/mol. The fourth-order valence-corrected chi connectivity index (χ4v) is 2.30. The van der Waals surface area contributed by atoms with E-state index in [0.717, 1.165) is 13.1 Å². The molecule has 0 amide bonds. The summed E-state index contributed by atoms with van der Waals surface area (Å²) < 4.78 is 20.6. The van der Waals surface area contributed by atoms with Crippen LogP contribution in [0.3, 0.4) is 0 Å². The van der Waals surface area contributed by atoms with Gasteiger partial charge in [0.05, 0.1) is 6.04 Å². The Balaban J connectivity index is 1.56. The fraction of sp³-hybridized carbons (Fsp3) is 0.231. The zero-order valence-corrected chi connectivity index (χ0v) is 10.0. The molecule has 0 spiro atoms. The molecule has 1 aliphatic heterocycles. The van der Waals surface area contributed by atoms with Gasteiger partial charge in [-0.3, -0.25) is 4.68 Å². The number of hydrogen-bond donors (Lipinski definition) is 0. The minimum absolute atomic E-state index is 0.301. The van der Waals surface area contributed by atoms with Crippen molar-refractivity contribution in [2.24, 2.45) is 0 Å². The van der Waals surface area contributed by atoms with Gasteiger partial charge < -0.3 is 9.32 Å². The van der Waals surface area contributed by atoms with Gasteiger partial charge in [0.25, 0.3) is 6.01 Å². The molecule has 96 valence electrons. The van der Waals surface area contributed by atoms with E-state index in [9.17, 15) is 4.39 Å². The van der Waals surface area contributed by atoms with Crippen LogP contribution in [0, 0.1) is 5.82 Å². The Kier molecular flexibility index (Phi) is 2.11. The zero-order chi connectivity index (χ0) is 12.8. The highest BCUT2D eigenvalue weighted by Gasteiger charge is 2.31. The lowest BCUT2D eigenvalue weighted by atomic mass is 10.1. The van der Waals surface area contributed by atoms with Crippen molar-refractivity contribution in [2.75, 3.05) is 18.0 Å². The van der Waals surface area contributed by atoms with Gasteiger partial charge in [0.1, 0.15) is 11.3 Å². The number of hydrogen-bond acceptors (Lipinski definition) is 4. The highest BCUT2D eigenvalue weighted by molar-refractivity contribution is 5.74. The fourth-order valence-electron chi connectivity index (χ4n) is 2.30. The van der Waals surface area contributed by atoms with Crippen LogP contribution in [0.4, 0.5) is 10.4 Å². The third-order valence-electron chi connectivity index (χ3n) is 3.37. The Hall–Kier alpha value is -2.37. The largest absolute Gasteiger partial charge is 0.423 e. The van der Waals surface area contributed by atoms with Gasteiger partial charge in [-0.05, 0) is 18.2 Å². The average Bonchev–Trinajstić information content (AvgIpc) is 2.95. The number of anilines is 1. The van der Waals surface area contributed by atoms with Crippen molar-refractivity contribution in [1.29, 1.82) is 0 Å². The van der Waals surface area contributed by atoms with Crippen molar-refractivity contribution in [3.05, 3.63) is 42.5 Å². The van der Waals surface area contributed by atoms with Gasteiger partial charge in [0.2, 0.25) is 0 Å². The van der Waals surface area contributed by atoms with Crippen molar-refractivity contribution >= 4 is 17.1 Å². The summed E-state index contributed by atoms with van der Waals surface area (Å²) in [5.41, 5.74) is 1.16. The lowest BCUT2D eigenvalue weighted by molar-refractivity contribution is 0.348. The summed E-state index contributed by atoms with van der Waals surface area (Å²) in [4.78, 5) is 6.32. The summed E-state index contributed by atoms with van der Waals surface area (Å²) in [6, 6.07) is 7.16.